The van der Waals surface area contributed by atoms with Crippen molar-refractivity contribution in [3.63, 3.8) is 0 Å². The quantitative estimate of drug-likeness (QED) is 0.937. The Morgan fingerprint density at radius 1 is 1.26 bits per heavy atom. The van der Waals surface area contributed by atoms with Gasteiger partial charge in [-0.25, -0.2) is 19.9 Å². The molecule has 0 aliphatic carbocycles. The molecule has 2 rings (SSSR count). The van der Waals surface area contributed by atoms with Crippen LogP contribution in [-0.4, -0.2) is 27.0 Å². The predicted molar refractivity (Wildman–Crippen MR) is 79.0 cm³/mol. The van der Waals surface area contributed by atoms with Crippen molar-refractivity contribution in [2.24, 2.45) is 0 Å². The average Bonchev–Trinajstić information content (AvgIpc) is 2.41. The van der Waals surface area contributed by atoms with Crippen molar-refractivity contribution in [2.75, 3.05) is 12.4 Å². The maximum Gasteiger partial charge on any atom is 0.180 e. The molecule has 2 aromatic heterocycles. The number of hydrogen-bond acceptors (Lipinski definition) is 5. The SMILES string of the molecule is CCCc1nc(-c2ccnc(C)n2)nc(NC)c1Br. The molecule has 6 heteroatoms. The van der Waals surface area contributed by atoms with E-state index >= 15 is 0 Å². The molecular weight excluding hydrogens is 306 g/mol. The minimum absolute atomic E-state index is 0.626. The van der Waals surface area contributed by atoms with Gasteiger partial charge in [-0.15, -0.1) is 0 Å². The molecule has 0 aliphatic heterocycles. The number of aryl methyl sites for hydroxylation is 2. The van der Waals surface area contributed by atoms with Crippen molar-refractivity contribution >= 4 is 21.7 Å². The van der Waals surface area contributed by atoms with E-state index in [0.29, 0.717) is 11.6 Å². The summed E-state index contributed by atoms with van der Waals surface area (Å²) in [4.78, 5) is 17.5. The summed E-state index contributed by atoms with van der Waals surface area (Å²) < 4.78 is 0.923. The van der Waals surface area contributed by atoms with E-state index in [1.807, 2.05) is 20.0 Å². The number of aromatic nitrogens is 4. The lowest BCUT2D eigenvalue weighted by Crippen LogP contribution is -2.04. The van der Waals surface area contributed by atoms with Crippen LogP contribution in [0, 0.1) is 6.92 Å². The van der Waals surface area contributed by atoms with Gasteiger partial charge < -0.3 is 5.32 Å². The summed E-state index contributed by atoms with van der Waals surface area (Å²) >= 11 is 3.54. The van der Waals surface area contributed by atoms with Gasteiger partial charge in [0.25, 0.3) is 0 Å². The summed E-state index contributed by atoms with van der Waals surface area (Å²) in [7, 11) is 1.85. The number of anilines is 1. The first-order valence-electron chi connectivity index (χ1n) is 6.20. The fourth-order valence-corrected chi connectivity index (χ4v) is 2.33. The summed E-state index contributed by atoms with van der Waals surface area (Å²) in [5.74, 6) is 2.12. The second kappa shape index (κ2) is 6.06. The summed E-state index contributed by atoms with van der Waals surface area (Å²) in [6, 6.07) is 1.82. The number of rotatable bonds is 4. The molecule has 0 saturated carbocycles. The summed E-state index contributed by atoms with van der Waals surface area (Å²) in [6.45, 7) is 3.98. The van der Waals surface area contributed by atoms with Crippen LogP contribution in [0.25, 0.3) is 11.5 Å². The van der Waals surface area contributed by atoms with Gasteiger partial charge in [0.05, 0.1) is 10.2 Å². The fraction of sp³-hybridized carbons (Fsp3) is 0.385. The molecule has 0 aromatic carbocycles. The highest BCUT2D eigenvalue weighted by Gasteiger charge is 2.13. The van der Waals surface area contributed by atoms with Gasteiger partial charge in [0.2, 0.25) is 0 Å². The smallest absolute Gasteiger partial charge is 0.180 e. The molecule has 0 fully saturated rings. The van der Waals surface area contributed by atoms with E-state index in [2.05, 4.69) is 48.1 Å². The van der Waals surface area contributed by atoms with Crippen molar-refractivity contribution in [1.82, 2.24) is 19.9 Å². The van der Waals surface area contributed by atoms with Gasteiger partial charge in [0.15, 0.2) is 5.82 Å². The average molecular weight is 322 g/mol. The van der Waals surface area contributed by atoms with Crippen molar-refractivity contribution < 1.29 is 0 Å². The third-order valence-electron chi connectivity index (χ3n) is 2.65. The zero-order valence-corrected chi connectivity index (χ0v) is 12.8. The first kappa shape index (κ1) is 13.9. The predicted octanol–water partition coefficient (Wildman–Crippen LogP) is 3.00. The minimum atomic E-state index is 0.626. The van der Waals surface area contributed by atoms with Crippen molar-refractivity contribution in [2.45, 2.75) is 26.7 Å². The van der Waals surface area contributed by atoms with Gasteiger partial charge >= 0.3 is 0 Å². The highest BCUT2D eigenvalue weighted by molar-refractivity contribution is 9.10. The zero-order chi connectivity index (χ0) is 13.8. The van der Waals surface area contributed by atoms with Crippen LogP contribution in [0.2, 0.25) is 0 Å². The number of nitrogens with zero attached hydrogens (tertiary/aromatic N) is 4. The fourth-order valence-electron chi connectivity index (χ4n) is 1.76. The summed E-state index contributed by atoms with van der Waals surface area (Å²) in [5.41, 5.74) is 1.74. The lowest BCUT2D eigenvalue weighted by molar-refractivity contribution is 0.866. The molecule has 2 aromatic rings. The van der Waals surface area contributed by atoms with E-state index in [-0.39, 0.29) is 0 Å². The third kappa shape index (κ3) is 3.07. The van der Waals surface area contributed by atoms with Crippen LogP contribution < -0.4 is 5.32 Å². The Hall–Kier alpha value is -1.56. The van der Waals surface area contributed by atoms with Gasteiger partial charge in [0.1, 0.15) is 17.3 Å². The largest absolute Gasteiger partial charge is 0.372 e. The third-order valence-corrected chi connectivity index (χ3v) is 3.48. The molecule has 0 amide bonds. The van der Waals surface area contributed by atoms with Crippen molar-refractivity contribution in [3.8, 4) is 11.5 Å². The Kier molecular flexibility index (Phi) is 4.42. The van der Waals surface area contributed by atoms with Gasteiger partial charge in [-0.05, 0) is 35.3 Å². The Labute approximate surface area is 121 Å². The van der Waals surface area contributed by atoms with Crippen LogP contribution in [0.1, 0.15) is 24.9 Å². The van der Waals surface area contributed by atoms with Crippen LogP contribution >= 0.6 is 15.9 Å². The van der Waals surface area contributed by atoms with E-state index in [9.17, 15) is 0 Å². The van der Waals surface area contributed by atoms with Crippen LogP contribution in [-0.2, 0) is 6.42 Å². The van der Waals surface area contributed by atoms with E-state index < -0.39 is 0 Å². The lowest BCUT2D eigenvalue weighted by atomic mass is 10.2. The molecule has 0 aliphatic rings. The Bertz CT molecular complexity index is 585. The van der Waals surface area contributed by atoms with Gasteiger partial charge in [-0.1, -0.05) is 13.3 Å². The molecule has 5 nitrogen and oxygen atoms in total. The van der Waals surface area contributed by atoms with E-state index in [1.54, 1.807) is 6.20 Å². The summed E-state index contributed by atoms with van der Waals surface area (Å²) in [6.07, 6.45) is 3.65. The minimum Gasteiger partial charge on any atom is -0.372 e. The van der Waals surface area contributed by atoms with Gasteiger partial charge in [0, 0.05) is 13.2 Å². The van der Waals surface area contributed by atoms with E-state index in [4.69, 9.17) is 0 Å². The maximum absolute atomic E-state index is 4.59. The maximum atomic E-state index is 4.59. The Morgan fingerprint density at radius 2 is 2.05 bits per heavy atom. The molecule has 19 heavy (non-hydrogen) atoms. The topological polar surface area (TPSA) is 63.6 Å². The summed E-state index contributed by atoms with van der Waals surface area (Å²) in [5, 5.41) is 3.08. The van der Waals surface area contributed by atoms with Crippen LogP contribution in [0.15, 0.2) is 16.7 Å². The van der Waals surface area contributed by atoms with Crippen LogP contribution in [0.4, 0.5) is 5.82 Å². The van der Waals surface area contributed by atoms with E-state index in [0.717, 1.165) is 34.5 Å². The van der Waals surface area contributed by atoms with Gasteiger partial charge in [-0.3, -0.25) is 0 Å². The Morgan fingerprint density at radius 3 is 2.68 bits per heavy atom. The number of halogens is 1. The molecule has 0 radical (unpaired) electrons. The van der Waals surface area contributed by atoms with Gasteiger partial charge in [-0.2, -0.15) is 0 Å². The first-order valence-corrected chi connectivity index (χ1v) is 6.99. The second-order valence-electron chi connectivity index (χ2n) is 4.15. The lowest BCUT2D eigenvalue weighted by Gasteiger charge is -2.10. The number of hydrogen-bond donors (Lipinski definition) is 1. The molecule has 0 atom stereocenters. The normalized spacial score (nSPS) is 10.5. The van der Waals surface area contributed by atoms with Crippen molar-refractivity contribution in [3.05, 3.63) is 28.3 Å². The highest BCUT2D eigenvalue weighted by atomic mass is 79.9. The molecule has 0 spiro atoms. The van der Waals surface area contributed by atoms with Crippen LogP contribution in [0.5, 0.6) is 0 Å². The highest BCUT2D eigenvalue weighted by Crippen LogP contribution is 2.27. The standard InChI is InChI=1S/C13H16BrN5/c1-4-5-9-11(14)13(15-3)19-12(18-9)10-6-7-16-8(2)17-10/h6-7H,4-5H2,1-3H3,(H,15,18,19). The number of nitrogens with one attached hydrogen (secondary N) is 1. The van der Waals surface area contributed by atoms with Crippen molar-refractivity contribution in [1.29, 1.82) is 0 Å². The molecule has 0 saturated heterocycles. The van der Waals surface area contributed by atoms with E-state index in [1.165, 1.54) is 0 Å². The van der Waals surface area contributed by atoms with Crippen LogP contribution in [0.3, 0.4) is 0 Å². The monoisotopic (exact) mass is 321 g/mol. The zero-order valence-electron chi connectivity index (χ0n) is 11.2. The molecule has 1 N–H and O–H groups in total. The molecule has 2 heterocycles. The molecule has 0 unspecified atom stereocenters. The molecular formula is C13H16BrN5. The Balaban J connectivity index is 2.54. The molecule has 100 valence electrons. The molecule has 0 bridgehead atoms. The first-order chi connectivity index (χ1) is 9.15. The second-order valence-corrected chi connectivity index (χ2v) is 4.94.